The highest BCUT2D eigenvalue weighted by Gasteiger charge is 2.27. The van der Waals surface area contributed by atoms with Crippen LogP contribution >= 0.6 is 24.4 Å². The Kier molecular flexibility index (Phi) is 6.57. The lowest BCUT2D eigenvalue weighted by Gasteiger charge is -2.29. The van der Waals surface area contributed by atoms with Crippen LogP contribution in [0.25, 0.3) is 0 Å². The van der Waals surface area contributed by atoms with Gasteiger partial charge in [-0.05, 0) is 19.3 Å². The van der Waals surface area contributed by atoms with Gasteiger partial charge in [0.2, 0.25) is 0 Å². The maximum Gasteiger partial charge on any atom is 0.0712 e. The number of hydrogen-bond acceptors (Lipinski definition) is 1. The van der Waals surface area contributed by atoms with Gasteiger partial charge >= 0.3 is 0 Å². The summed E-state index contributed by atoms with van der Waals surface area (Å²) in [4.78, 5) is 0. The molecule has 0 N–H and O–H groups in total. The Labute approximate surface area is 93.7 Å². The van der Waals surface area contributed by atoms with Crippen molar-refractivity contribution in [1.29, 1.82) is 0 Å². The number of thioether (sulfide) groups is 1. The van der Waals surface area contributed by atoms with Gasteiger partial charge < -0.3 is 0 Å². The minimum atomic E-state index is 0.0210. The third-order valence-corrected chi connectivity index (χ3v) is 4.79. The number of rotatable bonds is 6. The molecular weight excluding hydrogens is 196 g/mol. The molecule has 0 aliphatic heterocycles. The molecule has 0 bridgehead atoms. The molecule has 0 aromatic carbocycles. The smallest absolute Gasteiger partial charge is 0.0712 e. The minimum Gasteiger partial charge on any atom is -0.140 e. The Hall–Kier alpha value is 0.700. The molecule has 0 amide bonds. The van der Waals surface area contributed by atoms with Gasteiger partial charge in [-0.3, -0.25) is 0 Å². The second-order valence-electron chi connectivity index (χ2n) is 4.24. The average Bonchev–Trinajstić information content (AvgIpc) is 1.99. The van der Waals surface area contributed by atoms with Crippen LogP contribution in [0.15, 0.2) is 0 Å². The van der Waals surface area contributed by atoms with Gasteiger partial charge in [-0.25, -0.2) is 0 Å². The van der Waals surface area contributed by atoms with Crippen LogP contribution < -0.4 is 0 Å². The molecule has 2 heteroatoms. The van der Waals surface area contributed by atoms with Crippen LogP contribution in [0.3, 0.4) is 0 Å². The van der Waals surface area contributed by atoms with Crippen LogP contribution in [0.2, 0.25) is 0 Å². The van der Waals surface area contributed by atoms with Gasteiger partial charge in [0, 0.05) is 5.25 Å². The fourth-order valence-corrected chi connectivity index (χ4v) is 2.93. The Morgan fingerprint density at radius 2 is 1.85 bits per heavy atom. The molecular formula is C11H23S2. The molecule has 0 aromatic heterocycles. The lowest BCUT2D eigenvalue weighted by atomic mass is 10.1. The van der Waals surface area contributed by atoms with Crippen molar-refractivity contribution in [1.82, 2.24) is 0 Å². The summed E-state index contributed by atoms with van der Waals surface area (Å²) in [6, 6.07) is 0. The molecule has 1 radical (unpaired) electrons. The Morgan fingerprint density at radius 1 is 1.31 bits per heavy atom. The molecule has 0 rings (SSSR count). The van der Waals surface area contributed by atoms with Crippen molar-refractivity contribution >= 4 is 24.4 Å². The van der Waals surface area contributed by atoms with E-state index in [2.05, 4.69) is 34.6 Å². The first-order valence-corrected chi connectivity index (χ1v) is 6.57. The molecule has 2 unspecified atom stereocenters. The van der Waals surface area contributed by atoms with Crippen LogP contribution in [-0.2, 0) is 0 Å². The van der Waals surface area contributed by atoms with Crippen LogP contribution in [0.1, 0.15) is 53.9 Å². The minimum absolute atomic E-state index is 0.0210. The highest BCUT2D eigenvalue weighted by molar-refractivity contribution is 8.11. The lowest BCUT2D eigenvalue weighted by molar-refractivity contribution is 0.601. The summed E-state index contributed by atoms with van der Waals surface area (Å²) >= 11 is 7.52. The zero-order chi connectivity index (χ0) is 10.5. The third-order valence-electron chi connectivity index (χ3n) is 2.45. The molecule has 0 aromatic rings. The second-order valence-corrected chi connectivity index (χ2v) is 7.24. The van der Waals surface area contributed by atoms with E-state index in [0.29, 0.717) is 11.2 Å². The van der Waals surface area contributed by atoms with E-state index in [1.807, 2.05) is 11.8 Å². The largest absolute Gasteiger partial charge is 0.140 e. The standard InChI is InChI=1S/C11H23S2/c1-6-7-8-10(4)13-11(5,12)9(2)3/h9-10H,6-8H2,1-5H3. The van der Waals surface area contributed by atoms with Crippen molar-refractivity contribution in [3.05, 3.63) is 0 Å². The zero-order valence-corrected chi connectivity index (χ0v) is 11.2. The first-order chi connectivity index (χ1) is 5.90. The highest BCUT2D eigenvalue weighted by atomic mass is 32.2. The van der Waals surface area contributed by atoms with E-state index in [1.165, 1.54) is 19.3 Å². The number of hydrogen-bond donors (Lipinski definition) is 0. The predicted molar refractivity (Wildman–Crippen MR) is 67.4 cm³/mol. The summed E-state index contributed by atoms with van der Waals surface area (Å²) in [6.07, 6.45) is 3.93. The van der Waals surface area contributed by atoms with E-state index in [1.54, 1.807) is 0 Å². The normalized spacial score (nSPS) is 18.7. The van der Waals surface area contributed by atoms with E-state index in [4.69, 9.17) is 12.6 Å². The maximum atomic E-state index is 5.56. The van der Waals surface area contributed by atoms with Gasteiger partial charge in [0.1, 0.15) is 0 Å². The zero-order valence-electron chi connectivity index (χ0n) is 9.59. The summed E-state index contributed by atoms with van der Waals surface area (Å²) in [6.45, 7) is 11.2. The van der Waals surface area contributed by atoms with Crippen LogP contribution in [-0.4, -0.2) is 9.33 Å². The highest BCUT2D eigenvalue weighted by Crippen LogP contribution is 2.40. The first-order valence-electron chi connectivity index (χ1n) is 5.28. The van der Waals surface area contributed by atoms with Crippen LogP contribution in [0.5, 0.6) is 0 Å². The van der Waals surface area contributed by atoms with Gasteiger partial charge in [-0.2, -0.15) is 0 Å². The van der Waals surface area contributed by atoms with Crippen molar-refractivity contribution in [3.8, 4) is 0 Å². The summed E-state index contributed by atoms with van der Waals surface area (Å²) in [5, 5.41) is 0.713. The second kappa shape index (κ2) is 6.23. The fraction of sp³-hybridized carbons (Fsp3) is 1.00. The molecule has 0 heterocycles. The Balaban J connectivity index is 3.82. The molecule has 2 atom stereocenters. The fourth-order valence-electron chi connectivity index (χ4n) is 1.09. The lowest BCUT2D eigenvalue weighted by Crippen LogP contribution is -2.22. The van der Waals surface area contributed by atoms with Crippen LogP contribution in [0, 0.1) is 5.92 Å². The quantitative estimate of drug-likeness (QED) is 0.614. The average molecular weight is 219 g/mol. The third kappa shape index (κ3) is 5.90. The molecule has 0 aliphatic carbocycles. The van der Waals surface area contributed by atoms with E-state index in [-0.39, 0.29) is 4.08 Å². The molecule has 0 aliphatic rings. The monoisotopic (exact) mass is 219 g/mol. The molecule has 79 valence electrons. The molecule has 0 saturated heterocycles. The summed E-state index contributed by atoms with van der Waals surface area (Å²) in [5.41, 5.74) is 0. The van der Waals surface area contributed by atoms with E-state index < -0.39 is 0 Å². The van der Waals surface area contributed by atoms with E-state index in [9.17, 15) is 0 Å². The van der Waals surface area contributed by atoms with Crippen molar-refractivity contribution in [2.24, 2.45) is 5.92 Å². The molecule has 13 heavy (non-hydrogen) atoms. The van der Waals surface area contributed by atoms with Gasteiger partial charge in [0.15, 0.2) is 0 Å². The maximum absolute atomic E-state index is 5.56. The topological polar surface area (TPSA) is 0 Å². The van der Waals surface area contributed by atoms with Gasteiger partial charge in [-0.15, -0.1) is 11.8 Å². The van der Waals surface area contributed by atoms with Crippen molar-refractivity contribution in [2.75, 3.05) is 0 Å². The SMILES string of the molecule is CCCCC(C)SC(C)([S])C(C)C. The summed E-state index contributed by atoms with van der Waals surface area (Å²) < 4.78 is 0.0210. The van der Waals surface area contributed by atoms with Gasteiger partial charge in [0.05, 0.1) is 4.08 Å². The van der Waals surface area contributed by atoms with E-state index in [0.717, 1.165) is 0 Å². The molecule has 0 spiro atoms. The molecule has 0 fully saturated rings. The first kappa shape index (κ1) is 13.7. The Morgan fingerprint density at radius 3 is 2.23 bits per heavy atom. The van der Waals surface area contributed by atoms with Crippen molar-refractivity contribution < 1.29 is 0 Å². The molecule has 0 nitrogen and oxygen atoms in total. The molecule has 0 saturated carbocycles. The van der Waals surface area contributed by atoms with Gasteiger partial charge in [-0.1, -0.05) is 53.2 Å². The summed E-state index contributed by atoms with van der Waals surface area (Å²) in [5.74, 6) is 0.580. The van der Waals surface area contributed by atoms with Gasteiger partial charge in [0.25, 0.3) is 0 Å². The number of unbranched alkanes of at least 4 members (excludes halogenated alkanes) is 1. The van der Waals surface area contributed by atoms with Crippen LogP contribution in [0.4, 0.5) is 0 Å². The van der Waals surface area contributed by atoms with Crippen molar-refractivity contribution in [2.45, 2.75) is 63.2 Å². The summed E-state index contributed by atoms with van der Waals surface area (Å²) in [7, 11) is 0. The van der Waals surface area contributed by atoms with E-state index >= 15 is 0 Å². The predicted octanol–water partition coefficient (Wildman–Crippen LogP) is 4.87. The Bertz CT molecular complexity index is 130. The van der Waals surface area contributed by atoms with Crippen molar-refractivity contribution in [3.63, 3.8) is 0 Å².